The number of hydrogen-bond acceptors (Lipinski definition) is 0. The number of rotatable bonds is 3. The number of alkyl halides is 1. The van der Waals surface area contributed by atoms with Gasteiger partial charge in [0.05, 0.1) is 0 Å². The van der Waals surface area contributed by atoms with Crippen molar-refractivity contribution < 1.29 is 4.39 Å². The Morgan fingerprint density at radius 3 is 2.17 bits per heavy atom. The van der Waals surface area contributed by atoms with Gasteiger partial charge in [0.25, 0.3) is 0 Å². The van der Waals surface area contributed by atoms with Crippen molar-refractivity contribution in [2.24, 2.45) is 0 Å². The first kappa shape index (κ1) is 6.49. The van der Waals surface area contributed by atoms with Gasteiger partial charge in [-0.3, -0.25) is 0 Å². The Kier molecular flexibility index (Phi) is 5.94. The van der Waals surface area contributed by atoms with Crippen LogP contribution in [0.25, 0.3) is 0 Å². The van der Waals surface area contributed by atoms with Gasteiger partial charge in [-0.05, 0) is 0 Å². The quantitative estimate of drug-likeness (QED) is 0.420. The van der Waals surface area contributed by atoms with E-state index < -0.39 is 0 Å². The Bertz CT molecular complexity index is 19.5. The molecule has 0 aromatic rings. The van der Waals surface area contributed by atoms with Gasteiger partial charge in [-0.15, -0.1) is 0 Å². The number of unbranched alkanes of at least 4 members (excludes halogenated alkanes) is 1. The van der Waals surface area contributed by atoms with Gasteiger partial charge in [0, 0.05) is 0 Å². The van der Waals surface area contributed by atoms with E-state index in [1.165, 1.54) is 0 Å². The molecule has 0 N–H and O–H groups in total. The first-order valence-corrected chi connectivity index (χ1v) is 3.41. The normalized spacial score (nSPS) is 9.00. The summed E-state index contributed by atoms with van der Waals surface area (Å²) in [5.41, 5.74) is 0. The molecule has 0 aromatic carbocycles. The van der Waals surface area contributed by atoms with E-state index in [0.717, 1.165) is 18.1 Å². The monoisotopic (exact) mass is 150 g/mol. The molecule has 0 saturated heterocycles. The molecule has 0 saturated carbocycles. The molecule has 0 aliphatic rings. The molecule has 0 atom stereocenters. The molecule has 0 fully saturated rings. The molecular formula is C4H8AsF. The van der Waals surface area contributed by atoms with Crippen LogP contribution in [0.2, 0.25) is 5.21 Å². The summed E-state index contributed by atoms with van der Waals surface area (Å²) in [6.45, 7) is -0.155. The molecule has 2 heteroatoms. The minimum atomic E-state index is -0.155. The van der Waals surface area contributed by atoms with E-state index in [9.17, 15) is 4.39 Å². The van der Waals surface area contributed by atoms with Crippen molar-refractivity contribution in [1.82, 2.24) is 0 Å². The van der Waals surface area contributed by atoms with Crippen LogP contribution >= 0.6 is 0 Å². The Hall–Kier alpha value is 0.488. The maximum absolute atomic E-state index is 11.2. The van der Waals surface area contributed by atoms with Crippen molar-refractivity contribution >= 4 is 16.9 Å². The van der Waals surface area contributed by atoms with Gasteiger partial charge in [0.15, 0.2) is 0 Å². The molecule has 0 aliphatic carbocycles. The molecule has 36 valence electrons. The topological polar surface area (TPSA) is 0 Å². The Balaban J connectivity index is 2.34. The number of halogens is 1. The van der Waals surface area contributed by atoms with Crippen molar-refractivity contribution in [3.05, 3.63) is 0 Å². The van der Waals surface area contributed by atoms with Crippen LogP contribution in [0.4, 0.5) is 4.39 Å². The zero-order valence-corrected chi connectivity index (χ0v) is 5.53. The summed E-state index contributed by atoms with van der Waals surface area (Å²) < 4.78 is 11.2. The van der Waals surface area contributed by atoms with Crippen LogP contribution in [0.15, 0.2) is 0 Å². The van der Waals surface area contributed by atoms with Crippen LogP contribution in [0, 0.1) is 0 Å². The van der Waals surface area contributed by atoms with Gasteiger partial charge in [-0.25, -0.2) is 0 Å². The van der Waals surface area contributed by atoms with Crippen molar-refractivity contribution in [1.29, 1.82) is 0 Å². The van der Waals surface area contributed by atoms with Gasteiger partial charge < -0.3 is 0 Å². The second-order valence-corrected chi connectivity index (χ2v) is 2.06. The van der Waals surface area contributed by atoms with Crippen LogP contribution in [0.3, 0.4) is 0 Å². The average Bonchev–Trinajstić information content (AvgIpc) is 1.61. The Morgan fingerprint density at radius 2 is 2.00 bits per heavy atom. The molecule has 0 rings (SSSR count). The summed E-state index contributed by atoms with van der Waals surface area (Å²) in [5, 5.41) is 1.05. The van der Waals surface area contributed by atoms with E-state index in [1.54, 1.807) is 0 Å². The van der Waals surface area contributed by atoms with Crippen molar-refractivity contribution in [2.45, 2.75) is 18.1 Å². The predicted octanol–water partition coefficient (Wildman–Crippen LogP) is 1.32. The van der Waals surface area contributed by atoms with E-state index in [4.69, 9.17) is 0 Å². The first-order valence-electron chi connectivity index (χ1n) is 2.08. The van der Waals surface area contributed by atoms with Gasteiger partial charge in [0.1, 0.15) is 0 Å². The summed E-state index contributed by atoms with van der Waals surface area (Å²) >= 11 is 2.44. The molecule has 0 aliphatic heterocycles. The first-order chi connectivity index (χ1) is 2.91. The third-order valence-electron chi connectivity index (χ3n) is 0.542. The SMILES string of the molecule is FCCCC[As]. The fourth-order valence-corrected chi connectivity index (χ4v) is 0.675. The van der Waals surface area contributed by atoms with Crippen molar-refractivity contribution in [3.63, 3.8) is 0 Å². The van der Waals surface area contributed by atoms with Gasteiger partial charge >= 0.3 is 46.0 Å². The third-order valence-corrected chi connectivity index (χ3v) is 1.21. The average molecular weight is 150 g/mol. The molecular weight excluding hydrogens is 142 g/mol. The van der Waals surface area contributed by atoms with Crippen LogP contribution in [-0.4, -0.2) is 23.5 Å². The molecule has 0 aromatic heterocycles. The van der Waals surface area contributed by atoms with E-state index in [2.05, 4.69) is 16.9 Å². The molecule has 0 bridgehead atoms. The summed E-state index contributed by atoms with van der Waals surface area (Å²) in [6.07, 6.45) is 1.74. The van der Waals surface area contributed by atoms with Gasteiger partial charge in [-0.2, -0.15) is 0 Å². The number of hydrogen-bond donors (Lipinski definition) is 0. The van der Waals surface area contributed by atoms with E-state index in [1.807, 2.05) is 0 Å². The fraction of sp³-hybridized carbons (Fsp3) is 1.00. The predicted molar refractivity (Wildman–Crippen MR) is 25.8 cm³/mol. The van der Waals surface area contributed by atoms with Crippen molar-refractivity contribution in [2.75, 3.05) is 6.67 Å². The van der Waals surface area contributed by atoms with Crippen LogP contribution in [0.5, 0.6) is 0 Å². The Morgan fingerprint density at radius 1 is 1.33 bits per heavy atom. The second-order valence-electron chi connectivity index (χ2n) is 1.12. The zero-order chi connectivity index (χ0) is 4.83. The maximum atomic E-state index is 11.2. The van der Waals surface area contributed by atoms with Crippen molar-refractivity contribution in [3.8, 4) is 0 Å². The fourth-order valence-electron chi connectivity index (χ4n) is 0.206. The second kappa shape index (κ2) is 5.49. The van der Waals surface area contributed by atoms with Crippen LogP contribution in [-0.2, 0) is 0 Å². The standard InChI is InChI=1S/C4H8AsF/c5-3-1-2-4-6/h1-4H2. The zero-order valence-electron chi connectivity index (χ0n) is 3.65. The molecule has 0 amide bonds. The van der Waals surface area contributed by atoms with E-state index in [-0.39, 0.29) is 6.67 Å². The summed E-state index contributed by atoms with van der Waals surface area (Å²) in [7, 11) is 0. The molecule has 6 heavy (non-hydrogen) atoms. The van der Waals surface area contributed by atoms with Crippen LogP contribution < -0.4 is 0 Å². The summed E-state index contributed by atoms with van der Waals surface area (Å²) in [4.78, 5) is 0. The Labute approximate surface area is 46.6 Å². The third kappa shape index (κ3) is 4.49. The molecule has 2 radical (unpaired) electrons. The molecule has 0 unspecified atom stereocenters. The molecule has 0 nitrogen and oxygen atoms in total. The van der Waals surface area contributed by atoms with Crippen LogP contribution in [0.1, 0.15) is 12.8 Å². The van der Waals surface area contributed by atoms with E-state index >= 15 is 0 Å². The van der Waals surface area contributed by atoms with E-state index in [0.29, 0.717) is 0 Å². The minimum absolute atomic E-state index is 0.155. The van der Waals surface area contributed by atoms with Gasteiger partial charge in [-0.1, -0.05) is 0 Å². The van der Waals surface area contributed by atoms with Gasteiger partial charge in [0.2, 0.25) is 0 Å². The molecule has 0 heterocycles. The summed E-state index contributed by atoms with van der Waals surface area (Å²) in [6, 6.07) is 0. The molecule has 0 spiro atoms. The summed E-state index contributed by atoms with van der Waals surface area (Å²) in [5.74, 6) is 0.